The van der Waals surface area contributed by atoms with Crippen LogP contribution in [0.3, 0.4) is 0 Å². The predicted octanol–water partition coefficient (Wildman–Crippen LogP) is 1.13. The highest BCUT2D eigenvalue weighted by molar-refractivity contribution is 7.99. The Morgan fingerprint density at radius 1 is 1.34 bits per heavy atom. The van der Waals surface area contributed by atoms with Crippen LogP contribution >= 0.6 is 11.8 Å². The molecular weight excluding hydrogens is 396 g/mol. The van der Waals surface area contributed by atoms with E-state index < -0.39 is 4.92 Å². The lowest BCUT2D eigenvalue weighted by molar-refractivity contribution is -0.698. The molecule has 0 saturated carbocycles. The lowest BCUT2D eigenvalue weighted by Crippen LogP contribution is -2.32. The van der Waals surface area contributed by atoms with E-state index in [4.69, 9.17) is 0 Å². The highest BCUT2D eigenvalue weighted by Gasteiger charge is 2.21. The van der Waals surface area contributed by atoms with Gasteiger partial charge in [0.1, 0.15) is 0 Å². The summed E-state index contributed by atoms with van der Waals surface area (Å²) in [6, 6.07) is 12.3. The molecular formula is C18H16N6O4S. The average molecular weight is 412 g/mol. The second kappa shape index (κ2) is 8.97. The number of aromatic nitrogens is 3. The Morgan fingerprint density at radius 3 is 2.90 bits per heavy atom. The lowest BCUT2D eigenvalue weighted by atomic mass is 10.2. The normalized spacial score (nSPS) is 10.9. The molecule has 1 heterocycles. The first-order valence-corrected chi connectivity index (χ1v) is 9.33. The van der Waals surface area contributed by atoms with Crippen molar-refractivity contribution < 1.29 is 19.4 Å². The molecule has 0 aliphatic carbocycles. The predicted molar refractivity (Wildman–Crippen MR) is 104 cm³/mol. The molecule has 0 unspecified atom stereocenters. The lowest BCUT2D eigenvalue weighted by Gasteiger charge is -2.03. The smallest absolute Gasteiger partial charge is 0.337 e. The molecule has 10 nitrogen and oxygen atoms in total. The SMILES string of the molecule is C[n+]1c(SCC(=O)NN=Cc2cccc([O-])c2)n[nH]c1-c1cccc([N+](=O)[O-])c1. The van der Waals surface area contributed by atoms with Gasteiger partial charge in [-0.15, -0.1) is 10.8 Å². The van der Waals surface area contributed by atoms with E-state index in [9.17, 15) is 20.0 Å². The number of non-ortho nitro benzene ring substituents is 1. The molecule has 29 heavy (non-hydrogen) atoms. The fourth-order valence-electron chi connectivity index (χ4n) is 2.44. The molecule has 11 heteroatoms. The van der Waals surface area contributed by atoms with Crippen LogP contribution < -0.4 is 15.1 Å². The number of nitrogens with one attached hydrogen (secondary N) is 2. The van der Waals surface area contributed by atoms with Gasteiger partial charge in [0, 0.05) is 12.1 Å². The summed E-state index contributed by atoms with van der Waals surface area (Å²) >= 11 is 1.18. The standard InChI is InChI=1S/C18H16N6O4S/c1-23-17(13-5-3-6-14(9-13)24(27)28)21-22-18(23)29-11-16(26)20-19-10-12-4-2-7-15(25)8-12/h2-10H,11H2,1H3,(H2,20,25,26). The van der Waals surface area contributed by atoms with E-state index in [0.717, 1.165) is 0 Å². The maximum Gasteiger partial charge on any atom is 0.337 e. The molecule has 0 aliphatic heterocycles. The van der Waals surface area contributed by atoms with Crippen molar-refractivity contribution in [2.45, 2.75) is 5.16 Å². The van der Waals surface area contributed by atoms with Crippen LogP contribution in [0, 0.1) is 10.1 Å². The van der Waals surface area contributed by atoms with E-state index in [-0.39, 0.29) is 23.1 Å². The Bertz CT molecular complexity index is 1080. The van der Waals surface area contributed by atoms with Crippen LogP contribution in [0.2, 0.25) is 0 Å². The van der Waals surface area contributed by atoms with Crippen molar-refractivity contribution in [2.24, 2.45) is 12.1 Å². The largest absolute Gasteiger partial charge is 0.872 e. The summed E-state index contributed by atoms with van der Waals surface area (Å²) in [6.45, 7) is 0. The molecule has 0 radical (unpaired) electrons. The third-order valence-electron chi connectivity index (χ3n) is 3.80. The highest BCUT2D eigenvalue weighted by atomic mass is 32.2. The van der Waals surface area contributed by atoms with Crippen LogP contribution in [0.1, 0.15) is 5.56 Å². The number of thioether (sulfide) groups is 1. The number of carbonyl (C=O) groups is 1. The van der Waals surface area contributed by atoms with Gasteiger partial charge in [0.25, 0.3) is 17.4 Å². The fourth-order valence-corrected chi connectivity index (χ4v) is 3.16. The van der Waals surface area contributed by atoms with Gasteiger partial charge in [-0.25, -0.2) is 9.99 Å². The van der Waals surface area contributed by atoms with Crippen molar-refractivity contribution >= 4 is 29.6 Å². The van der Waals surface area contributed by atoms with Crippen LogP contribution in [0.15, 0.2) is 58.8 Å². The van der Waals surface area contributed by atoms with E-state index in [1.165, 1.54) is 42.2 Å². The van der Waals surface area contributed by atoms with Gasteiger partial charge in [0.2, 0.25) is 0 Å². The summed E-state index contributed by atoms with van der Waals surface area (Å²) in [6.07, 6.45) is 1.39. The maximum absolute atomic E-state index is 12.0. The van der Waals surface area contributed by atoms with Gasteiger partial charge in [0.05, 0.1) is 34.6 Å². The number of nitro benzene ring substituents is 1. The van der Waals surface area contributed by atoms with Crippen molar-refractivity contribution in [3.8, 4) is 17.1 Å². The molecule has 0 spiro atoms. The van der Waals surface area contributed by atoms with Crippen LogP contribution in [-0.2, 0) is 11.8 Å². The summed E-state index contributed by atoms with van der Waals surface area (Å²) in [7, 11) is 1.74. The van der Waals surface area contributed by atoms with Crippen LogP contribution in [-0.4, -0.2) is 33.0 Å². The molecule has 0 saturated heterocycles. The van der Waals surface area contributed by atoms with E-state index >= 15 is 0 Å². The molecule has 0 bridgehead atoms. The minimum atomic E-state index is -0.465. The number of aromatic amines is 1. The first-order chi connectivity index (χ1) is 13.9. The van der Waals surface area contributed by atoms with Crippen molar-refractivity contribution in [1.82, 2.24) is 15.6 Å². The molecule has 1 aromatic heterocycles. The number of nitro groups is 1. The summed E-state index contributed by atoms with van der Waals surface area (Å²) in [5.74, 6) is 0.157. The summed E-state index contributed by atoms with van der Waals surface area (Å²) in [5, 5.41) is 33.5. The molecule has 3 rings (SSSR count). The molecule has 0 aliphatic rings. The number of H-pyrrole nitrogens is 1. The zero-order valence-electron chi connectivity index (χ0n) is 15.2. The van der Waals surface area contributed by atoms with Crippen LogP contribution in [0.25, 0.3) is 11.4 Å². The number of hydrazone groups is 1. The maximum atomic E-state index is 12.0. The van der Waals surface area contributed by atoms with E-state index in [0.29, 0.717) is 22.1 Å². The first-order valence-electron chi connectivity index (χ1n) is 8.35. The topological polar surface area (TPSA) is 140 Å². The second-order valence-corrected chi connectivity index (χ2v) is 6.82. The minimum absolute atomic E-state index is 0.0222. The zero-order valence-corrected chi connectivity index (χ0v) is 16.0. The second-order valence-electron chi connectivity index (χ2n) is 5.88. The molecule has 148 valence electrons. The van der Waals surface area contributed by atoms with Gasteiger partial charge in [-0.2, -0.15) is 5.10 Å². The molecule has 3 aromatic rings. The monoisotopic (exact) mass is 412 g/mol. The van der Waals surface area contributed by atoms with Crippen molar-refractivity contribution in [3.63, 3.8) is 0 Å². The van der Waals surface area contributed by atoms with Crippen LogP contribution in [0.5, 0.6) is 5.75 Å². The van der Waals surface area contributed by atoms with E-state index in [1.54, 1.807) is 35.9 Å². The number of hydrogen-bond donors (Lipinski definition) is 2. The van der Waals surface area contributed by atoms with Gasteiger partial charge >= 0.3 is 5.16 Å². The molecule has 2 N–H and O–H groups in total. The summed E-state index contributed by atoms with van der Waals surface area (Å²) < 4.78 is 1.71. The van der Waals surface area contributed by atoms with Crippen molar-refractivity contribution in [1.29, 1.82) is 0 Å². The number of nitrogens with zero attached hydrogens (tertiary/aromatic N) is 4. The Hall–Kier alpha value is -3.73. The molecule has 0 fully saturated rings. The highest BCUT2D eigenvalue weighted by Crippen LogP contribution is 2.21. The number of rotatable bonds is 7. The zero-order chi connectivity index (χ0) is 20.8. The molecule has 2 aromatic carbocycles. The first kappa shape index (κ1) is 20.0. The quantitative estimate of drug-likeness (QED) is 0.196. The Labute approximate surface area is 169 Å². The molecule has 0 atom stereocenters. The number of amides is 1. The third-order valence-corrected chi connectivity index (χ3v) is 4.83. The number of hydrogen-bond acceptors (Lipinski definition) is 7. The Morgan fingerprint density at radius 2 is 2.14 bits per heavy atom. The molecule has 1 amide bonds. The van der Waals surface area contributed by atoms with Gasteiger partial charge in [-0.05, 0) is 23.4 Å². The number of benzene rings is 2. The Balaban J connectivity index is 1.59. The third kappa shape index (κ3) is 5.17. The minimum Gasteiger partial charge on any atom is -0.872 e. The van der Waals surface area contributed by atoms with Gasteiger partial charge in [0.15, 0.2) is 0 Å². The van der Waals surface area contributed by atoms with E-state index in [2.05, 4.69) is 20.7 Å². The van der Waals surface area contributed by atoms with Crippen LogP contribution in [0.4, 0.5) is 5.69 Å². The van der Waals surface area contributed by atoms with E-state index in [1.807, 2.05) is 0 Å². The number of carbonyl (C=O) groups excluding carboxylic acids is 1. The van der Waals surface area contributed by atoms with Crippen molar-refractivity contribution in [3.05, 3.63) is 64.2 Å². The van der Waals surface area contributed by atoms with Crippen molar-refractivity contribution in [2.75, 3.05) is 5.75 Å². The summed E-state index contributed by atoms with van der Waals surface area (Å²) in [5.41, 5.74) is 3.56. The fraction of sp³-hybridized carbons (Fsp3) is 0.111. The Kier molecular flexibility index (Phi) is 6.19. The van der Waals surface area contributed by atoms with Gasteiger partial charge in [-0.3, -0.25) is 14.9 Å². The van der Waals surface area contributed by atoms with Gasteiger partial charge in [-0.1, -0.05) is 30.3 Å². The average Bonchev–Trinajstić information content (AvgIpc) is 3.07. The summed E-state index contributed by atoms with van der Waals surface area (Å²) in [4.78, 5) is 22.4. The van der Waals surface area contributed by atoms with Gasteiger partial charge < -0.3 is 5.11 Å².